The number of hydrogen-bond donors (Lipinski definition) is 1. The van der Waals surface area contributed by atoms with E-state index in [0.717, 1.165) is 12.0 Å². The van der Waals surface area contributed by atoms with E-state index >= 15 is 0 Å². The minimum atomic E-state index is -0.00586. The van der Waals surface area contributed by atoms with E-state index in [1.165, 1.54) is 16.7 Å². The third kappa shape index (κ3) is 4.79. The van der Waals surface area contributed by atoms with Gasteiger partial charge in [-0.1, -0.05) is 42.0 Å². The van der Waals surface area contributed by atoms with Crippen LogP contribution in [0, 0.1) is 13.8 Å². The quantitative estimate of drug-likeness (QED) is 0.707. The second-order valence-corrected chi connectivity index (χ2v) is 6.39. The maximum atomic E-state index is 12.0. The van der Waals surface area contributed by atoms with Crippen molar-refractivity contribution >= 4 is 5.91 Å². The zero-order valence-corrected chi connectivity index (χ0v) is 15.2. The first kappa shape index (κ1) is 17.9. The highest BCUT2D eigenvalue weighted by molar-refractivity contribution is 5.76. The SMILES string of the molecule is Cc1ccc(-c2nnc(CCC(=O)NCCc3ccccc3C)o2)cc1. The Kier molecular flexibility index (Phi) is 5.79. The number of hydrogen-bond acceptors (Lipinski definition) is 4. The Balaban J connectivity index is 1.45. The van der Waals surface area contributed by atoms with Crippen molar-refractivity contribution in [1.29, 1.82) is 0 Å². The largest absolute Gasteiger partial charge is 0.421 e. The monoisotopic (exact) mass is 349 g/mol. The van der Waals surface area contributed by atoms with Crippen molar-refractivity contribution in [1.82, 2.24) is 15.5 Å². The Hall–Kier alpha value is -2.95. The van der Waals surface area contributed by atoms with E-state index in [4.69, 9.17) is 4.42 Å². The van der Waals surface area contributed by atoms with Crippen molar-refractivity contribution in [2.75, 3.05) is 6.54 Å². The molecular formula is C21H23N3O2. The molecule has 1 amide bonds. The average molecular weight is 349 g/mol. The van der Waals surface area contributed by atoms with Gasteiger partial charge in [0.05, 0.1) is 0 Å². The van der Waals surface area contributed by atoms with Crippen LogP contribution in [0.3, 0.4) is 0 Å². The fraction of sp³-hybridized carbons (Fsp3) is 0.286. The number of amides is 1. The fourth-order valence-corrected chi connectivity index (χ4v) is 2.70. The number of carbonyl (C=O) groups is 1. The van der Waals surface area contributed by atoms with Crippen molar-refractivity contribution in [2.24, 2.45) is 0 Å². The molecule has 0 aliphatic heterocycles. The normalized spacial score (nSPS) is 10.7. The molecule has 2 aromatic carbocycles. The molecule has 3 rings (SSSR count). The molecule has 0 atom stereocenters. The molecule has 0 aliphatic rings. The number of nitrogens with zero attached hydrogens (tertiary/aromatic N) is 2. The van der Waals surface area contributed by atoms with Gasteiger partial charge in [-0.2, -0.15) is 0 Å². The number of carbonyl (C=O) groups excluding carboxylic acids is 1. The standard InChI is InChI=1S/C21H23N3O2/c1-15-7-9-18(10-8-15)21-24-23-20(26-21)12-11-19(25)22-14-13-17-6-4-3-5-16(17)2/h3-10H,11-14H2,1-2H3,(H,22,25). The fourth-order valence-electron chi connectivity index (χ4n) is 2.70. The van der Waals surface area contributed by atoms with E-state index in [2.05, 4.69) is 34.6 Å². The van der Waals surface area contributed by atoms with Gasteiger partial charge in [0.25, 0.3) is 0 Å². The predicted molar refractivity (Wildman–Crippen MR) is 101 cm³/mol. The molecule has 0 unspecified atom stereocenters. The van der Waals surface area contributed by atoms with Gasteiger partial charge >= 0.3 is 0 Å². The van der Waals surface area contributed by atoms with Crippen molar-refractivity contribution < 1.29 is 9.21 Å². The van der Waals surface area contributed by atoms with Crippen molar-refractivity contribution in [3.8, 4) is 11.5 Å². The lowest BCUT2D eigenvalue weighted by molar-refractivity contribution is -0.121. The van der Waals surface area contributed by atoms with Crippen LogP contribution >= 0.6 is 0 Å². The van der Waals surface area contributed by atoms with Crippen LogP contribution in [-0.2, 0) is 17.6 Å². The first-order valence-electron chi connectivity index (χ1n) is 8.82. The van der Waals surface area contributed by atoms with E-state index in [1.807, 2.05) is 43.3 Å². The van der Waals surface area contributed by atoms with Gasteiger partial charge in [-0.15, -0.1) is 10.2 Å². The van der Waals surface area contributed by atoms with E-state index < -0.39 is 0 Å². The van der Waals surface area contributed by atoms with Crippen LogP contribution in [0.4, 0.5) is 0 Å². The number of nitrogens with one attached hydrogen (secondary N) is 1. The molecule has 5 nitrogen and oxygen atoms in total. The summed E-state index contributed by atoms with van der Waals surface area (Å²) in [5.74, 6) is 0.961. The van der Waals surface area contributed by atoms with Gasteiger partial charge in [-0.25, -0.2) is 0 Å². The molecule has 5 heteroatoms. The van der Waals surface area contributed by atoms with Crippen LogP contribution in [0.2, 0.25) is 0 Å². The topological polar surface area (TPSA) is 68.0 Å². The molecule has 134 valence electrons. The molecule has 1 heterocycles. The number of benzene rings is 2. The molecule has 0 saturated carbocycles. The van der Waals surface area contributed by atoms with Crippen molar-refractivity contribution in [3.63, 3.8) is 0 Å². The summed E-state index contributed by atoms with van der Waals surface area (Å²) in [5, 5.41) is 11.0. The Labute approximate surface area is 153 Å². The third-order valence-electron chi connectivity index (χ3n) is 4.31. The van der Waals surface area contributed by atoms with E-state index in [0.29, 0.717) is 31.2 Å². The molecule has 0 bridgehead atoms. The minimum Gasteiger partial charge on any atom is -0.421 e. The Bertz CT molecular complexity index is 869. The predicted octanol–water partition coefficient (Wildman–Crippen LogP) is 3.64. The van der Waals surface area contributed by atoms with Gasteiger partial charge in [0.15, 0.2) is 0 Å². The summed E-state index contributed by atoms with van der Waals surface area (Å²) in [6.07, 6.45) is 1.61. The van der Waals surface area contributed by atoms with Crippen LogP contribution in [0.25, 0.3) is 11.5 Å². The minimum absolute atomic E-state index is 0.00586. The average Bonchev–Trinajstić information content (AvgIpc) is 3.11. The Morgan fingerprint density at radius 1 is 1.00 bits per heavy atom. The summed E-state index contributed by atoms with van der Waals surface area (Å²) < 4.78 is 5.65. The summed E-state index contributed by atoms with van der Waals surface area (Å²) in [7, 11) is 0. The summed E-state index contributed by atoms with van der Waals surface area (Å²) in [6, 6.07) is 16.1. The van der Waals surface area contributed by atoms with Gasteiger partial charge < -0.3 is 9.73 Å². The number of aromatic nitrogens is 2. The van der Waals surface area contributed by atoms with Gasteiger partial charge in [-0.05, 0) is 43.5 Å². The van der Waals surface area contributed by atoms with Crippen LogP contribution in [-0.4, -0.2) is 22.6 Å². The van der Waals surface area contributed by atoms with E-state index in [9.17, 15) is 4.79 Å². The van der Waals surface area contributed by atoms with Crippen LogP contribution in [0.1, 0.15) is 29.0 Å². The van der Waals surface area contributed by atoms with Gasteiger partial charge in [0.2, 0.25) is 17.7 Å². The molecular weight excluding hydrogens is 326 g/mol. The second kappa shape index (κ2) is 8.43. The molecule has 26 heavy (non-hydrogen) atoms. The lowest BCUT2D eigenvalue weighted by Gasteiger charge is -2.06. The van der Waals surface area contributed by atoms with Gasteiger partial charge in [0.1, 0.15) is 0 Å². The first-order chi connectivity index (χ1) is 12.6. The lowest BCUT2D eigenvalue weighted by atomic mass is 10.1. The molecule has 0 saturated heterocycles. The van der Waals surface area contributed by atoms with Crippen LogP contribution < -0.4 is 5.32 Å². The van der Waals surface area contributed by atoms with Crippen LogP contribution in [0.5, 0.6) is 0 Å². The Morgan fingerprint density at radius 2 is 1.77 bits per heavy atom. The molecule has 1 aromatic heterocycles. The molecule has 1 N–H and O–H groups in total. The van der Waals surface area contributed by atoms with E-state index in [1.54, 1.807) is 0 Å². The maximum Gasteiger partial charge on any atom is 0.247 e. The summed E-state index contributed by atoms with van der Waals surface area (Å²) >= 11 is 0. The Morgan fingerprint density at radius 3 is 2.54 bits per heavy atom. The van der Waals surface area contributed by atoms with Crippen molar-refractivity contribution in [3.05, 3.63) is 71.1 Å². The summed E-state index contributed by atoms with van der Waals surface area (Å²) in [4.78, 5) is 12.0. The van der Waals surface area contributed by atoms with Crippen molar-refractivity contribution in [2.45, 2.75) is 33.1 Å². The highest BCUT2D eigenvalue weighted by atomic mass is 16.4. The summed E-state index contributed by atoms with van der Waals surface area (Å²) in [5.41, 5.74) is 4.57. The highest BCUT2D eigenvalue weighted by Gasteiger charge is 2.10. The lowest BCUT2D eigenvalue weighted by Crippen LogP contribution is -2.26. The zero-order chi connectivity index (χ0) is 18.4. The number of rotatable bonds is 7. The first-order valence-corrected chi connectivity index (χ1v) is 8.82. The smallest absolute Gasteiger partial charge is 0.247 e. The molecule has 0 radical (unpaired) electrons. The molecule has 0 spiro atoms. The molecule has 3 aromatic rings. The second-order valence-electron chi connectivity index (χ2n) is 6.39. The number of aryl methyl sites for hydroxylation is 3. The van der Waals surface area contributed by atoms with Crippen LogP contribution in [0.15, 0.2) is 52.9 Å². The van der Waals surface area contributed by atoms with E-state index in [-0.39, 0.29) is 5.91 Å². The van der Waals surface area contributed by atoms with Gasteiger partial charge in [0, 0.05) is 24.9 Å². The third-order valence-corrected chi connectivity index (χ3v) is 4.31. The molecule has 0 fully saturated rings. The van der Waals surface area contributed by atoms with Gasteiger partial charge in [-0.3, -0.25) is 4.79 Å². The maximum absolute atomic E-state index is 12.0. The summed E-state index contributed by atoms with van der Waals surface area (Å²) in [6.45, 7) is 4.74. The zero-order valence-electron chi connectivity index (χ0n) is 15.2. The molecule has 0 aliphatic carbocycles. The highest BCUT2D eigenvalue weighted by Crippen LogP contribution is 2.18.